The quantitative estimate of drug-likeness (QED) is 0.910. The summed E-state index contributed by atoms with van der Waals surface area (Å²) in [7, 11) is 0. The first-order valence-corrected chi connectivity index (χ1v) is 9.48. The van der Waals surface area contributed by atoms with Crippen molar-refractivity contribution >= 4 is 12.0 Å². The summed E-state index contributed by atoms with van der Waals surface area (Å²) in [6.45, 7) is 1.75. The second-order valence-corrected chi connectivity index (χ2v) is 7.14. The minimum Gasteiger partial charge on any atom is -0.445 e. The van der Waals surface area contributed by atoms with Gasteiger partial charge in [-0.15, -0.1) is 0 Å². The molecule has 1 N–H and O–H groups in total. The number of hydrogen-bond acceptors (Lipinski definition) is 3. The average Bonchev–Trinajstić information content (AvgIpc) is 2.68. The minimum atomic E-state index is -0.374. The summed E-state index contributed by atoms with van der Waals surface area (Å²) in [4.78, 5) is 26.5. The normalized spacial score (nSPS) is 19.4. The number of benzene rings is 1. The Morgan fingerprint density at radius 1 is 1.00 bits per heavy atom. The highest BCUT2D eigenvalue weighted by Gasteiger charge is 2.29. The van der Waals surface area contributed by atoms with Gasteiger partial charge in [0.25, 0.3) is 0 Å². The molecule has 1 aliphatic heterocycles. The molecule has 2 amide bonds. The Bertz CT molecular complexity index is 562. The van der Waals surface area contributed by atoms with Crippen LogP contribution < -0.4 is 5.32 Å². The number of nitrogens with one attached hydrogen (secondary N) is 1. The number of rotatable bonds is 4. The van der Waals surface area contributed by atoms with Gasteiger partial charge < -0.3 is 15.0 Å². The topological polar surface area (TPSA) is 58.6 Å². The van der Waals surface area contributed by atoms with Crippen LogP contribution in [0.4, 0.5) is 4.79 Å². The summed E-state index contributed by atoms with van der Waals surface area (Å²) in [5.41, 5.74) is 0.977. The maximum Gasteiger partial charge on any atom is 0.407 e. The smallest absolute Gasteiger partial charge is 0.407 e. The summed E-state index contributed by atoms with van der Waals surface area (Å²) in [5, 5.41) is 2.93. The Morgan fingerprint density at radius 2 is 1.68 bits per heavy atom. The number of ether oxygens (including phenoxy) is 1. The number of carbonyl (C=O) groups excluding carboxylic acids is 2. The summed E-state index contributed by atoms with van der Waals surface area (Å²) in [5.74, 6) is 0.555. The van der Waals surface area contributed by atoms with Crippen LogP contribution in [0.5, 0.6) is 0 Å². The molecule has 25 heavy (non-hydrogen) atoms. The van der Waals surface area contributed by atoms with Crippen LogP contribution in [0.3, 0.4) is 0 Å². The van der Waals surface area contributed by atoms with Crippen LogP contribution in [-0.2, 0) is 16.1 Å². The lowest BCUT2D eigenvalue weighted by atomic mass is 9.87. The molecule has 1 heterocycles. The van der Waals surface area contributed by atoms with Crippen LogP contribution >= 0.6 is 0 Å². The standard InChI is InChI=1S/C20H28N2O3/c23-19(17-9-5-2-6-10-17)22-13-11-18(12-14-22)21-20(24)25-15-16-7-3-1-4-8-16/h1,3-4,7-8,17-18H,2,5-6,9-15H2,(H,21,24). The molecule has 0 bridgehead atoms. The van der Waals surface area contributed by atoms with Gasteiger partial charge >= 0.3 is 6.09 Å². The van der Waals surface area contributed by atoms with Gasteiger partial charge in [0.2, 0.25) is 5.91 Å². The largest absolute Gasteiger partial charge is 0.445 e. The van der Waals surface area contributed by atoms with Crippen LogP contribution in [0.2, 0.25) is 0 Å². The molecule has 2 fully saturated rings. The Balaban J connectivity index is 1.37. The first-order chi connectivity index (χ1) is 12.2. The third kappa shape index (κ3) is 5.21. The fourth-order valence-corrected chi connectivity index (χ4v) is 3.78. The molecular formula is C20H28N2O3. The van der Waals surface area contributed by atoms with Crippen molar-refractivity contribution in [2.24, 2.45) is 5.92 Å². The minimum absolute atomic E-state index is 0.0960. The highest BCUT2D eigenvalue weighted by Crippen LogP contribution is 2.26. The molecule has 1 saturated heterocycles. The summed E-state index contributed by atoms with van der Waals surface area (Å²) < 4.78 is 5.27. The first-order valence-electron chi connectivity index (χ1n) is 9.48. The van der Waals surface area contributed by atoms with Crippen LogP contribution in [0, 0.1) is 5.92 Å². The zero-order valence-corrected chi connectivity index (χ0v) is 14.8. The second kappa shape index (κ2) is 8.88. The zero-order valence-electron chi connectivity index (χ0n) is 14.8. The van der Waals surface area contributed by atoms with Crippen molar-refractivity contribution in [2.75, 3.05) is 13.1 Å². The fourth-order valence-electron chi connectivity index (χ4n) is 3.78. The monoisotopic (exact) mass is 344 g/mol. The van der Waals surface area contributed by atoms with Crippen LogP contribution in [0.25, 0.3) is 0 Å². The molecule has 3 rings (SSSR count). The summed E-state index contributed by atoms with van der Waals surface area (Å²) >= 11 is 0. The molecule has 0 unspecified atom stereocenters. The molecule has 1 aliphatic carbocycles. The predicted octanol–water partition coefficient (Wildman–Crippen LogP) is 3.48. The number of piperidine rings is 1. The van der Waals surface area contributed by atoms with Gasteiger partial charge in [0, 0.05) is 25.0 Å². The third-order valence-corrected chi connectivity index (χ3v) is 5.30. The van der Waals surface area contributed by atoms with Crippen molar-refractivity contribution in [1.29, 1.82) is 0 Å². The predicted molar refractivity (Wildman–Crippen MR) is 95.9 cm³/mol. The van der Waals surface area contributed by atoms with E-state index in [1.54, 1.807) is 0 Å². The molecular weight excluding hydrogens is 316 g/mol. The highest BCUT2D eigenvalue weighted by atomic mass is 16.5. The van der Waals surface area contributed by atoms with Gasteiger partial charge in [-0.25, -0.2) is 4.79 Å². The van der Waals surface area contributed by atoms with Gasteiger partial charge in [0.05, 0.1) is 0 Å². The summed E-state index contributed by atoms with van der Waals surface area (Å²) in [6, 6.07) is 9.75. The van der Waals surface area contributed by atoms with E-state index in [2.05, 4.69) is 5.32 Å². The molecule has 0 radical (unpaired) electrons. The number of alkyl carbamates (subject to hydrolysis) is 1. The molecule has 0 spiro atoms. The highest BCUT2D eigenvalue weighted by molar-refractivity contribution is 5.79. The van der Waals surface area contributed by atoms with Crippen molar-refractivity contribution in [1.82, 2.24) is 10.2 Å². The first kappa shape index (κ1) is 17.8. The average molecular weight is 344 g/mol. The second-order valence-electron chi connectivity index (χ2n) is 7.14. The van der Waals surface area contributed by atoms with Crippen LogP contribution in [0.15, 0.2) is 30.3 Å². The number of amides is 2. The van der Waals surface area contributed by atoms with E-state index in [1.807, 2.05) is 35.2 Å². The van der Waals surface area contributed by atoms with Gasteiger partial charge in [-0.1, -0.05) is 49.6 Å². The van der Waals surface area contributed by atoms with Crippen LogP contribution in [0.1, 0.15) is 50.5 Å². The Morgan fingerprint density at radius 3 is 2.36 bits per heavy atom. The molecule has 5 heteroatoms. The summed E-state index contributed by atoms with van der Waals surface area (Å²) in [6.07, 6.45) is 6.95. The van der Waals surface area contributed by atoms with E-state index in [9.17, 15) is 9.59 Å². The van der Waals surface area contributed by atoms with E-state index in [0.29, 0.717) is 5.91 Å². The maximum absolute atomic E-state index is 12.6. The van der Waals surface area contributed by atoms with Crippen molar-refractivity contribution in [2.45, 2.75) is 57.6 Å². The number of nitrogens with zero attached hydrogens (tertiary/aromatic N) is 1. The van der Waals surface area contributed by atoms with Gasteiger partial charge in [-0.05, 0) is 31.2 Å². The lowest BCUT2D eigenvalue weighted by molar-refractivity contribution is -0.137. The molecule has 1 aromatic carbocycles. The number of hydrogen-bond donors (Lipinski definition) is 1. The number of likely N-dealkylation sites (tertiary alicyclic amines) is 1. The Labute approximate surface area is 149 Å². The van der Waals surface area contributed by atoms with Crippen molar-refractivity contribution in [3.8, 4) is 0 Å². The van der Waals surface area contributed by atoms with Gasteiger partial charge in [-0.2, -0.15) is 0 Å². The Hall–Kier alpha value is -2.04. The molecule has 1 saturated carbocycles. The molecule has 1 aromatic rings. The van der Waals surface area contributed by atoms with E-state index < -0.39 is 0 Å². The van der Waals surface area contributed by atoms with Crippen LogP contribution in [-0.4, -0.2) is 36.0 Å². The molecule has 5 nitrogen and oxygen atoms in total. The fraction of sp³-hybridized carbons (Fsp3) is 0.600. The van der Waals surface area contributed by atoms with Gasteiger partial charge in [-0.3, -0.25) is 4.79 Å². The van der Waals surface area contributed by atoms with Crippen molar-refractivity contribution in [3.63, 3.8) is 0 Å². The lowest BCUT2D eigenvalue weighted by Gasteiger charge is -2.35. The Kier molecular flexibility index (Phi) is 6.31. The maximum atomic E-state index is 12.6. The molecule has 0 aromatic heterocycles. The molecule has 0 atom stereocenters. The SMILES string of the molecule is O=C(NC1CCN(C(=O)C2CCCCC2)CC1)OCc1ccccc1. The zero-order chi connectivity index (χ0) is 17.5. The van der Waals surface area contributed by atoms with E-state index in [1.165, 1.54) is 19.3 Å². The molecule has 2 aliphatic rings. The van der Waals surface area contributed by atoms with E-state index in [4.69, 9.17) is 4.74 Å². The van der Waals surface area contributed by atoms with Gasteiger partial charge in [0.15, 0.2) is 0 Å². The lowest BCUT2D eigenvalue weighted by Crippen LogP contribution is -2.48. The van der Waals surface area contributed by atoms with E-state index in [0.717, 1.165) is 44.3 Å². The van der Waals surface area contributed by atoms with Crippen molar-refractivity contribution < 1.29 is 14.3 Å². The van der Waals surface area contributed by atoms with Gasteiger partial charge in [0.1, 0.15) is 6.61 Å². The van der Waals surface area contributed by atoms with E-state index in [-0.39, 0.29) is 24.7 Å². The van der Waals surface area contributed by atoms with E-state index >= 15 is 0 Å². The third-order valence-electron chi connectivity index (χ3n) is 5.30. The molecule has 136 valence electrons. The van der Waals surface area contributed by atoms with Crippen molar-refractivity contribution in [3.05, 3.63) is 35.9 Å². The number of carbonyl (C=O) groups is 2.